The number of carbonyl (C=O) groups is 1. The largest absolute Gasteiger partial charge is 0.444 e. The molecule has 0 N–H and O–H groups in total. The molecule has 1 atom stereocenters. The summed E-state index contributed by atoms with van der Waals surface area (Å²) in [4.78, 5) is 14.1. The molecular formula is C14H22N4O4. The number of ether oxygens (including phenoxy) is 3. The van der Waals surface area contributed by atoms with Gasteiger partial charge in [0.25, 0.3) is 0 Å². The van der Waals surface area contributed by atoms with Crippen molar-refractivity contribution in [1.82, 2.24) is 19.7 Å². The smallest absolute Gasteiger partial charge is 0.411 e. The molecule has 0 bridgehead atoms. The lowest BCUT2D eigenvalue weighted by Gasteiger charge is -2.36. The average molecular weight is 310 g/mol. The minimum Gasteiger partial charge on any atom is -0.444 e. The number of rotatable bonds is 1. The maximum absolute atomic E-state index is 12.5. The predicted octanol–water partition coefficient (Wildman–Crippen LogP) is 1.12. The summed E-state index contributed by atoms with van der Waals surface area (Å²) in [5.41, 5.74) is -0.530. The quantitative estimate of drug-likeness (QED) is 0.773. The standard InChI is InChI=1S/C14H22N4O4/c1-14(2,3)22-13(19)17-4-6-20-8-10(17)12-16-15-11-9-21-7-5-18(11)12/h10H,4-9H2,1-3H3. The number of nitrogens with zero attached hydrogens (tertiary/aromatic N) is 4. The first-order chi connectivity index (χ1) is 10.5. The molecule has 0 radical (unpaired) electrons. The van der Waals surface area contributed by atoms with Gasteiger partial charge >= 0.3 is 6.09 Å². The molecule has 1 aromatic heterocycles. The summed E-state index contributed by atoms with van der Waals surface area (Å²) < 4.78 is 18.4. The van der Waals surface area contributed by atoms with Crippen LogP contribution in [-0.2, 0) is 27.4 Å². The van der Waals surface area contributed by atoms with Crippen LogP contribution in [0.3, 0.4) is 0 Å². The lowest BCUT2D eigenvalue weighted by atomic mass is 10.2. The average Bonchev–Trinajstić information content (AvgIpc) is 2.89. The first kappa shape index (κ1) is 15.2. The van der Waals surface area contributed by atoms with Gasteiger partial charge in [-0.05, 0) is 20.8 Å². The number of fused-ring (bicyclic) bond motifs is 1. The van der Waals surface area contributed by atoms with Crippen molar-refractivity contribution in [3.8, 4) is 0 Å². The zero-order valence-corrected chi connectivity index (χ0v) is 13.2. The van der Waals surface area contributed by atoms with E-state index in [4.69, 9.17) is 14.2 Å². The van der Waals surface area contributed by atoms with E-state index in [0.717, 1.165) is 11.6 Å². The second kappa shape index (κ2) is 5.85. The molecule has 2 aliphatic heterocycles. The Morgan fingerprint density at radius 1 is 1.23 bits per heavy atom. The van der Waals surface area contributed by atoms with E-state index >= 15 is 0 Å². The fourth-order valence-corrected chi connectivity index (χ4v) is 2.62. The summed E-state index contributed by atoms with van der Waals surface area (Å²) in [6.45, 7) is 8.72. The molecule has 1 saturated heterocycles. The van der Waals surface area contributed by atoms with Gasteiger partial charge in [0, 0.05) is 13.1 Å². The van der Waals surface area contributed by atoms with Gasteiger partial charge in [0.1, 0.15) is 18.2 Å². The molecular weight excluding hydrogens is 288 g/mol. The van der Waals surface area contributed by atoms with Crippen LogP contribution in [0, 0.1) is 0 Å². The molecule has 122 valence electrons. The molecule has 1 fully saturated rings. The van der Waals surface area contributed by atoms with E-state index in [9.17, 15) is 4.79 Å². The van der Waals surface area contributed by atoms with Crippen molar-refractivity contribution in [2.24, 2.45) is 0 Å². The number of aromatic nitrogens is 3. The van der Waals surface area contributed by atoms with Gasteiger partial charge in [0.15, 0.2) is 11.6 Å². The Hall–Kier alpha value is -1.67. The van der Waals surface area contributed by atoms with E-state index in [1.54, 1.807) is 4.90 Å². The van der Waals surface area contributed by atoms with Crippen molar-refractivity contribution in [3.63, 3.8) is 0 Å². The molecule has 8 heteroatoms. The molecule has 22 heavy (non-hydrogen) atoms. The van der Waals surface area contributed by atoms with Gasteiger partial charge in [-0.25, -0.2) is 4.79 Å². The number of carbonyl (C=O) groups excluding carboxylic acids is 1. The number of morpholine rings is 1. The Morgan fingerprint density at radius 3 is 2.77 bits per heavy atom. The Labute approximate surface area is 129 Å². The normalized spacial score (nSPS) is 22.3. The van der Waals surface area contributed by atoms with Crippen LogP contribution >= 0.6 is 0 Å². The fourth-order valence-electron chi connectivity index (χ4n) is 2.62. The molecule has 1 aromatic rings. The lowest BCUT2D eigenvalue weighted by Crippen LogP contribution is -2.46. The van der Waals surface area contributed by atoms with Crippen LogP contribution in [0.15, 0.2) is 0 Å². The Balaban J connectivity index is 1.84. The molecule has 3 heterocycles. The van der Waals surface area contributed by atoms with Crippen molar-refractivity contribution in [2.45, 2.75) is 45.6 Å². The third-order valence-corrected chi connectivity index (χ3v) is 3.60. The van der Waals surface area contributed by atoms with Crippen molar-refractivity contribution < 1.29 is 19.0 Å². The van der Waals surface area contributed by atoms with Crippen molar-refractivity contribution in [3.05, 3.63) is 11.6 Å². The van der Waals surface area contributed by atoms with E-state index in [-0.39, 0.29) is 12.1 Å². The molecule has 3 rings (SSSR count). The topological polar surface area (TPSA) is 78.7 Å². The maximum atomic E-state index is 12.5. The molecule has 8 nitrogen and oxygen atoms in total. The highest BCUT2D eigenvalue weighted by Gasteiger charge is 2.36. The van der Waals surface area contributed by atoms with Gasteiger partial charge in [-0.3, -0.25) is 4.90 Å². The summed E-state index contributed by atoms with van der Waals surface area (Å²) in [5.74, 6) is 1.53. The molecule has 0 aliphatic carbocycles. The minimum absolute atomic E-state index is 0.275. The molecule has 2 aliphatic rings. The predicted molar refractivity (Wildman–Crippen MR) is 76.2 cm³/mol. The SMILES string of the molecule is CC(C)(C)OC(=O)N1CCOCC1c1nnc2n1CCOC2. The Kier molecular flexibility index (Phi) is 4.05. The Bertz CT molecular complexity index is 552. The van der Waals surface area contributed by atoms with Gasteiger partial charge in [-0.2, -0.15) is 0 Å². The fraction of sp³-hybridized carbons (Fsp3) is 0.786. The van der Waals surface area contributed by atoms with Gasteiger partial charge in [-0.15, -0.1) is 10.2 Å². The summed E-state index contributed by atoms with van der Waals surface area (Å²) in [7, 11) is 0. The highest BCUT2D eigenvalue weighted by atomic mass is 16.6. The maximum Gasteiger partial charge on any atom is 0.411 e. The van der Waals surface area contributed by atoms with Crippen LogP contribution in [0.5, 0.6) is 0 Å². The van der Waals surface area contributed by atoms with Crippen LogP contribution in [0.2, 0.25) is 0 Å². The molecule has 0 saturated carbocycles. The lowest BCUT2D eigenvalue weighted by molar-refractivity contribution is -0.0366. The summed E-state index contributed by atoms with van der Waals surface area (Å²) in [5, 5.41) is 8.41. The third-order valence-electron chi connectivity index (χ3n) is 3.60. The van der Waals surface area contributed by atoms with Crippen LogP contribution in [0.1, 0.15) is 38.5 Å². The van der Waals surface area contributed by atoms with Crippen LogP contribution < -0.4 is 0 Å². The monoisotopic (exact) mass is 310 g/mol. The summed E-state index contributed by atoms with van der Waals surface area (Å²) in [6.07, 6.45) is -0.342. The van der Waals surface area contributed by atoms with Gasteiger partial charge in [0.05, 0.1) is 19.8 Å². The second-order valence-electron chi connectivity index (χ2n) is 6.44. The highest BCUT2D eigenvalue weighted by molar-refractivity contribution is 5.68. The second-order valence-corrected chi connectivity index (χ2v) is 6.44. The van der Waals surface area contributed by atoms with E-state index < -0.39 is 5.60 Å². The summed E-state index contributed by atoms with van der Waals surface area (Å²) >= 11 is 0. The third kappa shape index (κ3) is 3.07. The number of hydrogen-bond acceptors (Lipinski definition) is 6. The molecule has 1 amide bonds. The van der Waals surface area contributed by atoms with Gasteiger partial charge < -0.3 is 18.8 Å². The first-order valence-corrected chi connectivity index (χ1v) is 7.53. The zero-order chi connectivity index (χ0) is 15.7. The summed E-state index contributed by atoms with van der Waals surface area (Å²) in [6, 6.07) is -0.275. The molecule has 0 aromatic carbocycles. The van der Waals surface area contributed by atoms with Crippen molar-refractivity contribution >= 4 is 6.09 Å². The van der Waals surface area contributed by atoms with Crippen LogP contribution in [0.25, 0.3) is 0 Å². The number of hydrogen-bond donors (Lipinski definition) is 0. The Morgan fingerprint density at radius 2 is 2.00 bits per heavy atom. The zero-order valence-electron chi connectivity index (χ0n) is 13.2. The van der Waals surface area contributed by atoms with Crippen molar-refractivity contribution in [1.29, 1.82) is 0 Å². The molecule has 1 unspecified atom stereocenters. The van der Waals surface area contributed by atoms with Crippen molar-refractivity contribution in [2.75, 3.05) is 26.4 Å². The first-order valence-electron chi connectivity index (χ1n) is 7.53. The number of amides is 1. The van der Waals surface area contributed by atoms with E-state index in [2.05, 4.69) is 10.2 Å². The highest BCUT2D eigenvalue weighted by Crippen LogP contribution is 2.26. The van der Waals surface area contributed by atoms with E-state index in [1.165, 1.54) is 0 Å². The van der Waals surface area contributed by atoms with Gasteiger partial charge in [0.2, 0.25) is 0 Å². The van der Waals surface area contributed by atoms with Gasteiger partial charge in [-0.1, -0.05) is 0 Å². The minimum atomic E-state index is -0.530. The van der Waals surface area contributed by atoms with Crippen LogP contribution in [-0.4, -0.2) is 57.7 Å². The van der Waals surface area contributed by atoms with E-state index in [0.29, 0.717) is 39.5 Å². The van der Waals surface area contributed by atoms with Crippen LogP contribution in [0.4, 0.5) is 4.79 Å². The molecule has 0 spiro atoms. The van der Waals surface area contributed by atoms with E-state index in [1.807, 2.05) is 25.3 Å².